The number of thioether (sulfide) groups is 1. The number of nitrogens with zero attached hydrogens (tertiary/aromatic N) is 3. The predicted molar refractivity (Wildman–Crippen MR) is 134 cm³/mol. The van der Waals surface area contributed by atoms with E-state index in [1.165, 1.54) is 29.7 Å². The number of carbonyl (C=O) groups excluding carboxylic acids is 1. The quantitative estimate of drug-likeness (QED) is 0.0511. The molecule has 1 aliphatic rings. The SMILES string of the molecule is C=C/C=C(\c1ccccc1CC1CC1)N(CBr)CSCCC(=O)OCC.C=NN=C. The van der Waals surface area contributed by atoms with Crippen molar-refractivity contribution < 1.29 is 9.53 Å². The third-order valence-electron chi connectivity index (χ3n) is 4.36. The Kier molecular flexibility index (Phi) is 13.9. The topological polar surface area (TPSA) is 54.3 Å². The van der Waals surface area contributed by atoms with Crippen molar-refractivity contribution in [2.45, 2.75) is 32.6 Å². The van der Waals surface area contributed by atoms with E-state index in [1.807, 2.05) is 13.0 Å². The first kappa shape index (κ1) is 26.2. The molecule has 0 unspecified atom stereocenters. The van der Waals surface area contributed by atoms with Crippen molar-refractivity contribution in [1.29, 1.82) is 0 Å². The summed E-state index contributed by atoms with van der Waals surface area (Å²) in [6.45, 7) is 12.2. The molecule has 0 spiro atoms. The van der Waals surface area contributed by atoms with E-state index < -0.39 is 0 Å². The Bertz CT molecular complexity index is 714. The second-order valence-electron chi connectivity index (χ2n) is 6.63. The van der Waals surface area contributed by atoms with Gasteiger partial charge in [-0.1, -0.05) is 52.9 Å². The third-order valence-corrected chi connectivity index (χ3v) is 5.95. The number of allylic oxidation sites excluding steroid dienone is 2. The first-order valence-electron chi connectivity index (χ1n) is 9.98. The fourth-order valence-corrected chi connectivity index (χ4v) is 4.36. The Labute approximate surface area is 193 Å². The van der Waals surface area contributed by atoms with Crippen molar-refractivity contribution in [3.63, 3.8) is 0 Å². The molecule has 1 aliphatic carbocycles. The maximum absolute atomic E-state index is 11.5. The first-order valence-corrected chi connectivity index (χ1v) is 12.3. The minimum Gasteiger partial charge on any atom is -0.466 e. The molecule has 0 N–H and O–H groups in total. The van der Waals surface area contributed by atoms with Crippen LogP contribution in [-0.4, -0.2) is 48.0 Å². The van der Waals surface area contributed by atoms with Crippen molar-refractivity contribution in [2.24, 2.45) is 16.1 Å². The Morgan fingerprint density at radius 3 is 2.60 bits per heavy atom. The zero-order chi connectivity index (χ0) is 22.2. The number of halogens is 1. The van der Waals surface area contributed by atoms with Crippen LogP contribution in [0.4, 0.5) is 0 Å². The van der Waals surface area contributed by atoms with Crippen LogP contribution in [-0.2, 0) is 16.0 Å². The van der Waals surface area contributed by atoms with Gasteiger partial charge in [-0.2, -0.15) is 10.2 Å². The average Bonchev–Trinajstić information content (AvgIpc) is 3.58. The van der Waals surface area contributed by atoms with E-state index in [0.717, 1.165) is 29.4 Å². The van der Waals surface area contributed by atoms with Gasteiger partial charge in [0.25, 0.3) is 0 Å². The summed E-state index contributed by atoms with van der Waals surface area (Å²) in [5.74, 6) is 2.29. The van der Waals surface area contributed by atoms with E-state index in [2.05, 4.69) is 81.4 Å². The fraction of sp³-hybridized carbons (Fsp3) is 0.435. The third kappa shape index (κ3) is 10.3. The highest BCUT2D eigenvalue weighted by atomic mass is 79.9. The summed E-state index contributed by atoms with van der Waals surface area (Å²) in [6.07, 6.45) is 8.23. The maximum atomic E-state index is 11.5. The molecule has 1 saturated carbocycles. The van der Waals surface area contributed by atoms with Crippen molar-refractivity contribution >= 4 is 52.8 Å². The fourth-order valence-electron chi connectivity index (χ4n) is 2.79. The number of hydrogen-bond donors (Lipinski definition) is 0. The zero-order valence-corrected chi connectivity index (χ0v) is 20.2. The van der Waals surface area contributed by atoms with Crippen LogP contribution in [0.1, 0.15) is 37.3 Å². The largest absolute Gasteiger partial charge is 0.466 e. The van der Waals surface area contributed by atoms with E-state index >= 15 is 0 Å². The summed E-state index contributed by atoms with van der Waals surface area (Å²) in [5, 5.41) is 6.00. The second kappa shape index (κ2) is 15.9. The molecular weight excluding hydrogens is 462 g/mol. The van der Waals surface area contributed by atoms with Crippen LogP contribution in [0.2, 0.25) is 0 Å². The lowest BCUT2D eigenvalue weighted by molar-refractivity contribution is -0.142. The van der Waals surface area contributed by atoms with Crippen molar-refractivity contribution in [3.8, 4) is 0 Å². The van der Waals surface area contributed by atoms with Gasteiger partial charge in [0.05, 0.1) is 24.4 Å². The summed E-state index contributed by atoms with van der Waals surface area (Å²) in [6, 6.07) is 8.67. The highest BCUT2D eigenvalue weighted by molar-refractivity contribution is 9.09. The Morgan fingerprint density at radius 1 is 1.33 bits per heavy atom. The molecule has 1 aromatic rings. The molecule has 0 saturated heterocycles. The van der Waals surface area contributed by atoms with Gasteiger partial charge in [-0.05, 0) is 43.7 Å². The van der Waals surface area contributed by atoms with E-state index in [1.54, 1.807) is 11.8 Å². The van der Waals surface area contributed by atoms with E-state index in [4.69, 9.17) is 4.74 Å². The monoisotopic (exact) mass is 493 g/mol. The van der Waals surface area contributed by atoms with Crippen LogP contribution < -0.4 is 0 Å². The molecule has 1 fully saturated rings. The molecule has 0 aromatic heterocycles. The normalized spacial score (nSPS) is 12.9. The van der Waals surface area contributed by atoms with Gasteiger partial charge in [-0.15, -0.1) is 11.8 Å². The highest BCUT2D eigenvalue weighted by Crippen LogP contribution is 2.35. The van der Waals surface area contributed by atoms with Crippen LogP contribution in [0, 0.1) is 5.92 Å². The second-order valence-corrected chi connectivity index (χ2v) is 8.20. The first-order chi connectivity index (χ1) is 14.6. The van der Waals surface area contributed by atoms with Crippen LogP contribution >= 0.6 is 27.7 Å². The molecule has 2 rings (SSSR count). The zero-order valence-electron chi connectivity index (χ0n) is 17.8. The Balaban J connectivity index is 0.00000103. The van der Waals surface area contributed by atoms with Gasteiger partial charge >= 0.3 is 5.97 Å². The molecule has 1 aromatic carbocycles. The van der Waals surface area contributed by atoms with Gasteiger partial charge in [0.1, 0.15) is 0 Å². The average molecular weight is 494 g/mol. The van der Waals surface area contributed by atoms with Gasteiger partial charge in [0, 0.05) is 30.4 Å². The van der Waals surface area contributed by atoms with E-state index in [0.29, 0.717) is 13.0 Å². The lowest BCUT2D eigenvalue weighted by atomic mass is 9.99. The maximum Gasteiger partial charge on any atom is 0.306 e. The predicted octanol–water partition coefficient (Wildman–Crippen LogP) is 5.77. The summed E-state index contributed by atoms with van der Waals surface area (Å²) in [4.78, 5) is 13.8. The number of rotatable bonds is 13. The summed E-state index contributed by atoms with van der Waals surface area (Å²) < 4.78 is 4.99. The Hall–Kier alpha value is -1.86. The standard InChI is InChI=1S/C21H28BrNO2S.C2H4N2/c1-3-7-20(19-9-6-5-8-18(19)14-17-10-11-17)23(15-22)16-26-13-12-21(24)25-4-2;1-3-4-2/h3,5-9,17H,1,4,10-16H2,2H3;1-2H2/b20-7+;. The van der Waals surface area contributed by atoms with E-state index in [9.17, 15) is 4.79 Å². The molecular formula is C23H32BrN3O2S. The number of alkyl halides is 1. The molecule has 164 valence electrons. The van der Waals surface area contributed by atoms with Crippen molar-refractivity contribution in [2.75, 3.05) is 23.7 Å². The van der Waals surface area contributed by atoms with Crippen LogP contribution in [0.3, 0.4) is 0 Å². The van der Waals surface area contributed by atoms with Gasteiger partial charge in [-0.25, -0.2) is 0 Å². The Morgan fingerprint density at radius 2 is 2.03 bits per heavy atom. The number of benzene rings is 1. The number of ether oxygens (including phenoxy) is 1. The number of esters is 1. The summed E-state index contributed by atoms with van der Waals surface area (Å²) in [5.41, 5.74) is 4.60. The molecule has 0 bridgehead atoms. The lowest BCUT2D eigenvalue weighted by Gasteiger charge is -2.26. The lowest BCUT2D eigenvalue weighted by Crippen LogP contribution is -2.21. The van der Waals surface area contributed by atoms with Crippen LogP contribution in [0.15, 0.2) is 53.2 Å². The number of carbonyl (C=O) groups is 1. The molecule has 7 heteroatoms. The minimum absolute atomic E-state index is 0.123. The molecule has 30 heavy (non-hydrogen) atoms. The van der Waals surface area contributed by atoms with E-state index in [-0.39, 0.29) is 5.97 Å². The van der Waals surface area contributed by atoms with Crippen LogP contribution in [0.25, 0.3) is 5.70 Å². The van der Waals surface area contributed by atoms with Gasteiger partial charge in [0.2, 0.25) is 0 Å². The van der Waals surface area contributed by atoms with Crippen molar-refractivity contribution in [1.82, 2.24) is 4.90 Å². The van der Waals surface area contributed by atoms with Crippen molar-refractivity contribution in [3.05, 3.63) is 54.1 Å². The van der Waals surface area contributed by atoms with Gasteiger partial charge in [0.15, 0.2) is 0 Å². The molecule has 5 nitrogen and oxygen atoms in total. The van der Waals surface area contributed by atoms with Crippen LogP contribution in [0.5, 0.6) is 0 Å². The molecule has 0 atom stereocenters. The van der Waals surface area contributed by atoms with Gasteiger partial charge < -0.3 is 9.64 Å². The molecule has 0 heterocycles. The highest BCUT2D eigenvalue weighted by Gasteiger charge is 2.23. The minimum atomic E-state index is -0.123. The summed E-state index contributed by atoms with van der Waals surface area (Å²) >= 11 is 5.36. The molecule has 0 radical (unpaired) electrons. The number of hydrogen-bond acceptors (Lipinski definition) is 6. The summed E-state index contributed by atoms with van der Waals surface area (Å²) in [7, 11) is 0. The van der Waals surface area contributed by atoms with Gasteiger partial charge in [-0.3, -0.25) is 4.79 Å². The smallest absolute Gasteiger partial charge is 0.306 e. The molecule has 0 amide bonds. The molecule has 0 aliphatic heterocycles.